The summed E-state index contributed by atoms with van der Waals surface area (Å²) < 4.78 is 5.98. The maximum atomic E-state index is 12.9. The molecule has 2 aromatic carbocycles. The number of nitrogens with one attached hydrogen (secondary N) is 1. The minimum Gasteiger partial charge on any atom is -0.490 e. The molecule has 0 fully saturated rings. The Kier molecular flexibility index (Phi) is 6.52. The van der Waals surface area contributed by atoms with Crippen molar-refractivity contribution in [3.05, 3.63) is 48.0 Å². The van der Waals surface area contributed by atoms with Gasteiger partial charge < -0.3 is 15.0 Å². The Hall–Kier alpha value is -2.47. The number of hydrogen-bond acceptors (Lipinski definition) is 4. The molecule has 0 radical (unpaired) electrons. The lowest BCUT2D eigenvalue weighted by molar-refractivity contribution is -0.127. The molecule has 1 aliphatic heterocycles. The van der Waals surface area contributed by atoms with Gasteiger partial charge in [-0.2, -0.15) is 0 Å². The highest BCUT2D eigenvalue weighted by Gasteiger charge is 2.37. The number of amides is 2. The second kappa shape index (κ2) is 8.91. The molecule has 6 heteroatoms. The highest BCUT2D eigenvalue weighted by Crippen LogP contribution is 2.38. The highest BCUT2D eigenvalue weighted by atomic mass is 32.2. The zero-order valence-corrected chi connectivity index (χ0v) is 18.3. The summed E-state index contributed by atoms with van der Waals surface area (Å²) in [5, 5.41) is 2.97. The lowest BCUT2D eigenvalue weighted by Gasteiger charge is -2.27. The van der Waals surface area contributed by atoms with Crippen LogP contribution in [-0.4, -0.2) is 30.7 Å². The maximum absolute atomic E-state index is 12.9. The average molecular weight is 413 g/mol. The SMILES string of the molecule is CCCN1C(=O)C(C)(C)COc2cc(NC(=O)c3ccccc3SCC)ccc21. The third-order valence-electron chi connectivity index (χ3n) is 4.80. The van der Waals surface area contributed by atoms with Crippen molar-refractivity contribution >= 4 is 35.0 Å². The molecule has 3 rings (SSSR count). The smallest absolute Gasteiger partial charge is 0.256 e. The molecule has 0 aromatic heterocycles. The van der Waals surface area contributed by atoms with E-state index < -0.39 is 5.41 Å². The van der Waals surface area contributed by atoms with E-state index in [-0.39, 0.29) is 11.8 Å². The van der Waals surface area contributed by atoms with E-state index >= 15 is 0 Å². The van der Waals surface area contributed by atoms with E-state index in [9.17, 15) is 9.59 Å². The standard InChI is InChI=1S/C23H28N2O3S/c1-5-13-25-18-12-11-16(14-19(18)28-15-23(3,4)22(25)27)24-21(26)17-9-7-8-10-20(17)29-6-2/h7-12,14H,5-6,13,15H2,1-4H3,(H,24,26). The molecule has 2 aromatic rings. The van der Waals surface area contributed by atoms with Gasteiger partial charge in [0.25, 0.3) is 5.91 Å². The molecule has 154 valence electrons. The van der Waals surface area contributed by atoms with Crippen molar-refractivity contribution < 1.29 is 14.3 Å². The maximum Gasteiger partial charge on any atom is 0.256 e. The minimum atomic E-state index is -0.603. The predicted molar refractivity (Wildman–Crippen MR) is 119 cm³/mol. The Morgan fingerprint density at radius 2 is 1.97 bits per heavy atom. The Morgan fingerprint density at radius 3 is 2.69 bits per heavy atom. The Balaban J connectivity index is 1.88. The monoisotopic (exact) mass is 412 g/mol. The molecule has 0 bridgehead atoms. The largest absolute Gasteiger partial charge is 0.490 e. The van der Waals surface area contributed by atoms with Crippen molar-refractivity contribution in [2.45, 2.75) is 39.0 Å². The molecular weight excluding hydrogens is 384 g/mol. The molecular formula is C23H28N2O3S. The van der Waals surface area contributed by atoms with Gasteiger partial charge in [-0.05, 0) is 50.3 Å². The normalized spacial score (nSPS) is 15.3. The first kappa shape index (κ1) is 21.2. The number of anilines is 2. The summed E-state index contributed by atoms with van der Waals surface area (Å²) in [7, 11) is 0. The molecule has 1 heterocycles. The Bertz CT molecular complexity index is 911. The van der Waals surface area contributed by atoms with Crippen LogP contribution in [0.4, 0.5) is 11.4 Å². The average Bonchev–Trinajstić information content (AvgIpc) is 2.79. The summed E-state index contributed by atoms with van der Waals surface area (Å²) in [6.45, 7) is 8.84. The van der Waals surface area contributed by atoms with Gasteiger partial charge in [-0.3, -0.25) is 9.59 Å². The van der Waals surface area contributed by atoms with Gasteiger partial charge in [0.1, 0.15) is 12.4 Å². The van der Waals surface area contributed by atoms with E-state index in [0.29, 0.717) is 30.2 Å². The number of thioether (sulfide) groups is 1. The van der Waals surface area contributed by atoms with Gasteiger partial charge in [0, 0.05) is 23.2 Å². The van der Waals surface area contributed by atoms with E-state index in [0.717, 1.165) is 22.8 Å². The zero-order chi connectivity index (χ0) is 21.0. The van der Waals surface area contributed by atoms with E-state index in [2.05, 4.69) is 12.2 Å². The molecule has 1 N–H and O–H groups in total. The van der Waals surface area contributed by atoms with Crippen LogP contribution in [0.5, 0.6) is 5.75 Å². The van der Waals surface area contributed by atoms with Crippen LogP contribution in [0, 0.1) is 5.41 Å². The fraction of sp³-hybridized carbons (Fsp3) is 0.391. The molecule has 1 aliphatic rings. The van der Waals surface area contributed by atoms with Crippen molar-refractivity contribution in [2.24, 2.45) is 5.41 Å². The number of rotatable bonds is 6. The van der Waals surface area contributed by atoms with Gasteiger partial charge in [-0.25, -0.2) is 0 Å². The first-order chi connectivity index (χ1) is 13.9. The lowest BCUT2D eigenvalue weighted by atomic mass is 9.93. The number of benzene rings is 2. The molecule has 0 spiro atoms. The van der Waals surface area contributed by atoms with Crippen LogP contribution in [0.1, 0.15) is 44.5 Å². The van der Waals surface area contributed by atoms with Gasteiger partial charge in [0.2, 0.25) is 5.91 Å². The van der Waals surface area contributed by atoms with Crippen LogP contribution < -0.4 is 15.0 Å². The van der Waals surface area contributed by atoms with Gasteiger partial charge in [0.15, 0.2) is 0 Å². The number of fused-ring (bicyclic) bond motifs is 1. The van der Waals surface area contributed by atoms with Gasteiger partial charge >= 0.3 is 0 Å². The van der Waals surface area contributed by atoms with Gasteiger partial charge in [-0.15, -0.1) is 11.8 Å². The number of carbonyl (C=O) groups excluding carboxylic acids is 2. The molecule has 0 saturated carbocycles. The molecule has 0 aliphatic carbocycles. The van der Waals surface area contributed by atoms with Crippen molar-refractivity contribution in [2.75, 3.05) is 29.1 Å². The van der Waals surface area contributed by atoms with Crippen molar-refractivity contribution in [1.29, 1.82) is 0 Å². The Labute approximate surface area is 176 Å². The van der Waals surface area contributed by atoms with Crippen LogP contribution >= 0.6 is 11.8 Å². The molecule has 0 saturated heterocycles. The number of ether oxygens (including phenoxy) is 1. The fourth-order valence-electron chi connectivity index (χ4n) is 3.30. The first-order valence-corrected chi connectivity index (χ1v) is 11.0. The summed E-state index contributed by atoms with van der Waals surface area (Å²) >= 11 is 1.64. The lowest BCUT2D eigenvalue weighted by Crippen LogP contribution is -2.42. The highest BCUT2D eigenvalue weighted by molar-refractivity contribution is 7.99. The summed E-state index contributed by atoms with van der Waals surface area (Å²) in [5.74, 6) is 1.41. The van der Waals surface area contributed by atoms with Crippen molar-refractivity contribution in [3.63, 3.8) is 0 Å². The van der Waals surface area contributed by atoms with E-state index in [1.165, 1.54) is 0 Å². The van der Waals surface area contributed by atoms with Gasteiger partial charge in [0.05, 0.1) is 16.7 Å². The van der Waals surface area contributed by atoms with Crippen LogP contribution in [-0.2, 0) is 4.79 Å². The number of carbonyl (C=O) groups is 2. The third kappa shape index (κ3) is 4.58. The topological polar surface area (TPSA) is 58.6 Å². The minimum absolute atomic E-state index is 0.0559. The van der Waals surface area contributed by atoms with Crippen LogP contribution in [0.25, 0.3) is 0 Å². The summed E-state index contributed by atoms with van der Waals surface area (Å²) in [6.07, 6.45) is 0.853. The van der Waals surface area contributed by atoms with Crippen LogP contribution in [0.3, 0.4) is 0 Å². The predicted octanol–water partition coefficient (Wildman–Crippen LogP) is 5.21. The van der Waals surface area contributed by atoms with E-state index in [1.54, 1.807) is 22.7 Å². The second-order valence-corrected chi connectivity index (χ2v) is 9.00. The van der Waals surface area contributed by atoms with Gasteiger partial charge in [-0.1, -0.05) is 26.0 Å². The van der Waals surface area contributed by atoms with E-state index in [1.807, 2.05) is 57.2 Å². The van der Waals surface area contributed by atoms with Crippen LogP contribution in [0.15, 0.2) is 47.4 Å². The molecule has 29 heavy (non-hydrogen) atoms. The van der Waals surface area contributed by atoms with Crippen molar-refractivity contribution in [1.82, 2.24) is 0 Å². The second-order valence-electron chi connectivity index (χ2n) is 7.70. The van der Waals surface area contributed by atoms with Crippen LogP contribution in [0.2, 0.25) is 0 Å². The summed E-state index contributed by atoms with van der Waals surface area (Å²) in [5.41, 5.74) is 1.45. The number of nitrogens with zero attached hydrogens (tertiary/aromatic N) is 1. The molecule has 0 atom stereocenters. The fourth-order valence-corrected chi connectivity index (χ4v) is 4.11. The van der Waals surface area contributed by atoms with Crippen molar-refractivity contribution in [3.8, 4) is 5.75 Å². The molecule has 5 nitrogen and oxygen atoms in total. The number of hydrogen-bond donors (Lipinski definition) is 1. The third-order valence-corrected chi connectivity index (χ3v) is 5.76. The summed E-state index contributed by atoms with van der Waals surface area (Å²) in [4.78, 5) is 28.5. The van der Waals surface area contributed by atoms with E-state index in [4.69, 9.17) is 4.74 Å². The zero-order valence-electron chi connectivity index (χ0n) is 17.5. The molecule has 0 unspecified atom stereocenters. The Morgan fingerprint density at radius 1 is 1.21 bits per heavy atom. The summed E-state index contributed by atoms with van der Waals surface area (Å²) in [6, 6.07) is 13.1. The molecule has 2 amide bonds. The quantitative estimate of drug-likeness (QED) is 0.662. The first-order valence-electron chi connectivity index (χ1n) is 9.99.